The van der Waals surface area contributed by atoms with E-state index in [4.69, 9.17) is 9.47 Å². The second-order valence-corrected chi connectivity index (χ2v) is 7.50. The number of carbonyl (C=O) groups excluding carboxylic acids is 1. The van der Waals surface area contributed by atoms with Gasteiger partial charge in [-0.05, 0) is 63.5 Å². The molecule has 0 aromatic rings. The Kier molecular flexibility index (Phi) is 9.36. The number of esters is 1. The zero-order chi connectivity index (χ0) is 19.6. The average molecular weight is 359 g/mol. The van der Waals surface area contributed by atoms with E-state index in [1.165, 1.54) is 42.1 Å². The van der Waals surface area contributed by atoms with E-state index < -0.39 is 0 Å². The van der Waals surface area contributed by atoms with Crippen molar-refractivity contribution < 1.29 is 14.3 Å². The van der Waals surface area contributed by atoms with Gasteiger partial charge in [0.15, 0.2) is 6.79 Å². The molecule has 0 spiro atoms. The zero-order valence-corrected chi connectivity index (χ0v) is 17.2. The summed E-state index contributed by atoms with van der Waals surface area (Å²) in [6, 6.07) is 0. The molecule has 0 aromatic carbocycles. The fourth-order valence-corrected chi connectivity index (χ4v) is 3.09. The van der Waals surface area contributed by atoms with E-state index in [1.54, 1.807) is 0 Å². The molecular formula is C23H34O3. The lowest BCUT2D eigenvalue weighted by atomic mass is 9.72. The van der Waals surface area contributed by atoms with Gasteiger partial charge in [-0.25, -0.2) is 4.79 Å². The predicted molar refractivity (Wildman–Crippen MR) is 109 cm³/mol. The molecule has 0 unspecified atom stereocenters. The van der Waals surface area contributed by atoms with Gasteiger partial charge >= 0.3 is 5.97 Å². The van der Waals surface area contributed by atoms with Crippen LogP contribution < -0.4 is 0 Å². The van der Waals surface area contributed by atoms with Gasteiger partial charge in [-0.15, -0.1) is 0 Å². The molecule has 3 heteroatoms. The molecular weight excluding hydrogens is 324 g/mol. The third-order valence-electron chi connectivity index (χ3n) is 4.61. The topological polar surface area (TPSA) is 35.5 Å². The normalized spacial score (nSPS) is 18.8. The van der Waals surface area contributed by atoms with Gasteiger partial charge in [0.1, 0.15) is 0 Å². The monoisotopic (exact) mass is 358 g/mol. The van der Waals surface area contributed by atoms with Gasteiger partial charge in [0.05, 0.1) is 0 Å². The summed E-state index contributed by atoms with van der Waals surface area (Å²) in [5, 5.41) is 0. The van der Waals surface area contributed by atoms with Crippen LogP contribution in [-0.2, 0) is 14.3 Å². The summed E-state index contributed by atoms with van der Waals surface area (Å²) in [7, 11) is 0. The van der Waals surface area contributed by atoms with Crippen LogP contribution in [0.1, 0.15) is 60.8 Å². The number of rotatable bonds is 8. The van der Waals surface area contributed by atoms with Crippen LogP contribution in [0, 0.1) is 5.41 Å². The third kappa shape index (κ3) is 8.01. The molecule has 0 N–H and O–H groups in total. The Balaban J connectivity index is 2.64. The Morgan fingerprint density at radius 2 is 1.92 bits per heavy atom. The van der Waals surface area contributed by atoms with Gasteiger partial charge in [0.2, 0.25) is 0 Å². The maximum Gasteiger partial charge on any atom is 0.333 e. The molecule has 1 rings (SSSR count). The van der Waals surface area contributed by atoms with Crippen LogP contribution in [0.5, 0.6) is 0 Å². The molecule has 0 saturated carbocycles. The summed E-state index contributed by atoms with van der Waals surface area (Å²) in [4.78, 5) is 11.6. The quantitative estimate of drug-likeness (QED) is 0.174. The standard InChI is InChI=1S/C23H34O3/c1-7-25-17-26-22(24)16-19(3)11-8-10-18(2)13-14-21-20(4)12-9-15-23(21,5)6/h8,10-11,13-14,16H,7,9,12,15,17H2,1-6H3/b11-8+,14-13+,18-10+,19-16+. The van der Waals surface area contributed by atoms with E-state index in [9.17, 15) is 4.79 Å². The van der Waals surface area contributed by atoms with Crippen LogP contribution in [0.2, 0.25) is 0 Å². The zero-order valence-electron chi connectivity index (χ0n) is 17.2. The number of allylic oxidation sites excluding steroid dienone is 9. The molecule has 0 amide bonds. The van der Waals surface area contributed by atoms with Gasteiger partial charge in [0.25, 0.3) is 0 Å². The molecule has 3 nitrogen and oxygen atoms in total. The number of ether oxygens (including phenoxy) is 2. The van der Waals surface area contributed by atoms with Crippen LogP contribution in [0.25, 0.3) is 0 Å². The van der Waals surface area contributed by atoms with E-state index in [-0.39, 0.29) is 18.2 Å². The molecule has 0 bridgehead atoms. The van der Waals surface area contributed by atoms with Crippen molar-refractivity contribution >= 4 is 5.97 Å². The fraction of sp³-hybridized carbons (Fsp3) is 0.522. The minimum atomic E-state index is -0.386. The highest BCUT2D eigenvalue weighted by Gasteiger charge is 2.26. The molecule has 1 aliphatic rings. The minimum Gasteiger partial charge on any atom is -0.435 e. The molecule has 0 radical (unpaired) electrons. The number of carbonyl (C=O) groups is 1. The van der Waals surface area contributed by atoms with E-state index in [0.717, 1.165) is 5.57 Å². The van der Waals surface area contributed by atoms with E-state index in [0.29, 0.717) is 6.61 Å². The Hall–Kier alpha value is -1.87. The van der Waals surface area contributed by atoms with Crippen molar-refractivity contribution in [3.05, 3.63) is 58.7 Å². The van der Waals surface area contributed by atoms with Gasteiger partial charge < -0.3 is 9.47 Å². The van der Waals surface area contributed by atoms with Crippen LogP contribution in [0.4, 0.5) is 0 Å². The minimum absolute atomic E-state index is 0.00174. The second-order valence-electron chi connectivity index (χ2n) is 7.50. The van der Waals surface area contributed by atoms with E-state index in [2.05, 4.69) is 39.8 Å². The first kappa shape index (κ1) is 22.2. The van der Waals surface area contributed by atoms with Crippen molar-refractivity contribution in [2.24, 2.45) is 5.41 Å². The second kappa shape index (κ2) is 11.0. The summed E-state index contributed by atoms with van der Waals surface area (Å²) < 4.78 is 9.90. The van der Waals surface area contributed by atoms with Crippen molar-refractivity contribution in [2.75, 3.05) is 13.4 Å². The molecule has 0 heterocycles. The van der Waals surface area contributed by atoms with Crippen LogP contribution in [-0.4, -0.2) is 19.4 Å². The third-order valence-corrected chi connectivity index (χ3v) is 4.61. The highest BCUT2D eigenvalue weighted by atomic mass is 16.7. The SMILES string of the molecule is CCOCOC(=O)/C=C(C)/C=C/C=C(C)/C=C/C1=C(C)CCCC1(C)C. The molecule has 0 saturated heterocycles. The summed E-state index contributed by atoms with van der Waals surface area (Å²) in [5.41, 5.74) is 5.25. The lowest BCUT2D eigenvalue weighted by molar-refractivity contribution is -0.149. The highest BCUT2D eigenvalue weighted by Crippen LogP contribution is 2.40. The molecule has 144 valence electrons. The summed E-state index contributed by atoms with van der Waals surface area (Å²) in [6.07, 6.45) is 15.5. The number of hydrogen-bond donors (Lipinski definition) is 0. The van der Waals surface area contributed by atoms with Crippen LogP contribution in [0.3, 0.4) is 0 Å². The molecule has 0 fully saturated rings. The first-order valence-electron chi connectivity index (χ1n) is 9.42. The summed E-state index contributed by atoms with van der Waals surface area (Å²) >= 11 is 0. The lowest BCUT2D eigenvalue weighted by Crippen LogP contribution is -2.19. The Morgan fingerprint density at radius 1 is 1.19 bits per heavy atom. The highest BCUT2D eigenvalue weighted by molar-refractivity contribution is 5.83. The Bertz CT molecular complexity index is 628. The van der Waals surface area contributed by atoms with Crippen molar-refractivity contribution in [1.82, 2.24) is 0 Å². The van der Waals surface area contributed by atoms with Crippen molar-refractivity contribution in [1.29, 1.82) is 0 Å². The molecule has 0 atom stereocenters. The van der Waals surface area contributed by atoms with Crippen molar-refractivity contribution in [3.63, 3.8) is 0 Å². The first-order valence-corrected chi connectivity index (χ1v) is 9.42. The largest absolute Gasteiger partial charge is 0.435 e. The van der Waals surface area contributed by atoms with Crippen molar-refractivity contribution in [2.45, 2.75) is 60.8 Å². The summed E-state index contributed by atoms with van der Waals surface area (Å²) in [6.45, 7) is 13.2. The number of hydrogen-bond acceptors (Lipinski definition) is 3. The molecule has 0 aromatic heterocycles. The average Bonchev–Trinajstić information content (AvgIpc) is 2.54. The summed E-state index contributed by atoms with van der Waals surface area (Å²) in [5.74, 6) is -0.386. The maximum absolute atomic E-state index is 11.6. The van der Waals surface area contributed by atoms with Crippen LogP contribution in [0.15, 0.2) is 58.7 Å². The Morgan fingerprint density at radius 3 is 2.58 bits per heavy atom. The fourth-order valence-electron chi connectivity index (χ4n) is 3.09. The van der Waals surface area contributed by atoms with Crippen molar-refractivity contribution in [3.8, 4) is 0 Å². The Labute approximate surface area is 159 Å². The lowest BCUT2D eigenvalue weighted by Gasteiger charge is -2.32. The smallest absolute Gasteiger partial charge is 0.333 e. The van der Waals surface area contributed by atoms with Gasteiger partial charge in [-0.3, -0.25) is 0 Å². The van der Waals surface area contributed by atoms with Gasteiger partial charge in [-0.2, -0.15) is 0 Å². The predicted octanol–water partition coefficient (Wildman–Crippen LogP) is 6.06. The first-order chi connectivity index (χ1) is 12.3. The molecule has 1 aliphatic carbocycles. The maximum atomic E-state index is 11.6. The van der Waals surface area contributed by atoms with Gasteiger partial charge in [0, 0.05) is 12.7 Å². The van der Waals surface area contributed by atoms with Crippen LogP contribution >= 0.6 is 0 Å². The molecule has 0 aliphatic heterocycles. The van der Waals surface area contributed by atoms with E-state index in [1.807, 2.05) is 32.1 Å². The molecule has 26 heavy (non-hydrogen) atoms. The van der Waals surface area contributed by atoms with E-state index >= 15 is 0 Å². The van der Waals surface area contributed by atoms with Gasteiger partial charge in [-0.1, -0.05) is 55.4 Å².